The van der Waals surface area contributed by atoms with Crippen LogP contribution in [0.4, 0.5) is 8.78 Å². The Morgan fingerprint density at radius 2 is 1.82 bits per heavy atom. The number of hydrogen-bond acceptors (Lipinski definition) is 4. The van der Waals surface area contributed by atoms with Gasteiger partial charge in [0.25, 0.3) is 0 Å². The van der Waals surface area contributed by atoms with Crippen molar-refractivity contribution in [1.82, 2.24) is 0 Å². The van der Waals surface area contributed by atoms with E-state index in [1.807, 2.05) is 0 Å². The van der Waals surface area contributed by atoms with Crippen LogP contribution in [0.25, 0.3) is 0 Å². The first-order valence-electron chi connectivity index (χ1n) is 4.94. The van der Waals surface area contributed by atoms with E-state index in [4.69, 9.17) is 14.6 Å². The molecule has 1 rings (SSSR count). The van der Waals surface area contributed by atoms with Gasteiger partial charge in [-0.2, -0.15) is 0 Å². The summed E-state index contributed by atoms with van der Waals surface area (Å²) in [7, 11) is 0. The molecular formula is C11H12F2O4. The summed E-state index contributed by atoms with van der Waals surface area (Å²) in [5.41, 5.74) is -0.0936. The van der Waals surface area contributed by atoms with Gasteiger partial charge in [0.15, 0.2) is 17.4 Å². The number of aldehydes is 1. The molecule has 0 fully saturated rings. The monoisotopic (exact) mass is 246 g/mol. The smallest absolute Gasteiger partial charge is 0.190 e. The van der Waals surface area contributed by atoms with Crippen molar-refractivity contribution in [3.05, 3.63) is 29.3 Å². The number of halogens is 2. The molecule has 0 atom stereocenters. The minimum atomic E-state index is -0.936. The first-order valence-corrected chi connectivity index (χ1v) is 4.94. The van der Waals surface area contributed by atoms with E-state index in [0.717, 1.165) is 12.1 Å². The van der Waals surface area contributed by atoms with E-state index in [1.165, 1.54) is 0 Å². The number of benzene rings is 1. The molecule has 0 aromatic heterocycles. The quantitative estimate of drug-likeness (QED) is 0.579. The standard InChI is InChI=1S/C11H12F2O4/c12-9-5-8(7-15)6-10(13)11(9)17-4-3-16-2-1-14/h5-7,14H,1-4H2. The average Bonchev–Trinajstić information content (AvgIpc) is 2.31. The third-order valence-corrected chi connectivity index (χ3v) is 1.87. The largest absolute Gasteiger partial charge is 0.485 e. The van der Waals surface area contributed by atoms with E-state index >= 15 is 0 Å². The molecule has 0 heterocycles. The molecule has 0 spiro atoms. The molecule has 0 aliphatic carbocycles. The number of aliphatic hydroxyl groups excluding tert-OH is 1. The van der Waals surface area contributed by atoms with Crippen molar-refractivity contribution in [3.63, 3.8) is 0 Å². The Balaban J connectivity index is 2.56. The van der Waals surface area contributed by atoms with Gasteiger partial charge in [0, 0.05) is 5.56 Å². The fourth-order valence-electron chi connectivity index (χ4n) is 1.15. The maximum absolute atomic E-state index is 13.3. The average molecular weight is 246 g/mol. The third kappa shape index (κ3) is 4.08. The normalized spacial score (nSPS) is 10.3. The predicted molar refractivity (Wildman–Crippen MR) is 55.1 cm³/mol. The lowest BCUT2D eigenvalue weighted by atomic mass is 10.2. The molecule has 0 saturated carbocycles. The molecule has 0 aliphatic rings. The van der Waals surface area contributed by atoms with Crippen LogP contribution in [0.15, 0.2) is 12.1 Å². The van der Waals surface area contributed by atoms with E-state index in [0.29, 0.717) is 6.29 Å². The number of hydrogen-bond donors (Lipinski definition) is 1. The van der Waals surface area contributed by atoms with Gasteiger partial charge in [0.05, 0.1) is 19.8 Å². The van der Waals surface area contributed by atoms with Crippen LogP contribution >= 0.6 is 0 Å². The first kappa shape index (κ1) is 13.5. The van der Waals surface area contributed by atoms with Gasteiger partial charge in [-0.15, -0.1) is 0 Å². The van der Waals surface area contributed by atoms with Gasteiger partial charge in [0.2, 0.25) is 0 Å². The first-order chi connectivity index (χ1) is 8.19. The van der Waals surface area contributed by atoms with Crippen LogP contribution in [0.2, 0.25) is 0 Å². The minimum Gasteiger partial charge on any atom is -0.485 e. The molecule has 0 saturated heterocycles. The van der Waals surface area contributed by atoms with Crippen LogP contribution in [-0.2, 0) is 4.74 Å². The highest BCUT2D eigenvalue weighted by Gasteiger charge is 2.12. The molecule has 0 radical (unpaired) electrons. The Kier molecular flexibility index (Phi) is 5.51. The second kappa shape index (κ2) is 6.93. The summed E-state index contributed by atoms with van der Waals surface area (Å²) in [6, 6.07) is 1.78. The second-order valence-corrected chi connectivity index (χ2v) is 3.12. The summed E-state index contributed by atoms with van der Waals surface area (Å²) in [5, 5.41) is 8.41. The molecule has 94 valence electrons. The lowest BCUT2D eigenvalue weighted by molar-refractivity contribution is 0.0686. The van der Waals surface area contributed by atoms with E-state index in [2.05, 4.69) is 0 Å². The van der Waals surface area contributed by atoms with Gasteiger partial charge in [-0.3, -0.25) is 4.79 Å². The Labute approximate surface area is 96.8 Å². The third-order valence-electron chi connectivity index (χ3n) is 1.87. The van der Waals surface area contributed by atoms with Crippen molar-refractivity contribution < 1.29 is 28.2 Å². The van der Waals surface area contributed by atoms with Gasteiger partial charge in [0.1, 0.15) is 12.9 Å². The summed E-state index contributed by atoms with van der Waals surface area (Å²) >= 11 is 0. The topological polar surface area (TPSA) is 55.8 Å². The van der Waals surface area contributed by atoms with Gasteiger partial charge >= 0.3 is 0 Å². The molecule has 1 aromatic rings. The van der Waals surface area contributed by atoms with Gasteiger partial charge < -0.3 is 14.6 Å². The van der Waals surface area contributed by atoms with Gasteiger partial charge in [-0.25, -0.2) is 8.78 Å². The lowest BCUT2D eigenvalue weighted by Crippen LogP contribution is -2.10. The number of aliphatic hydroxyl groups is 1. The Hall–Kier alpha value is -1.53. The zero-order valence-corrected chi connectivity index (χ0v) is 8.99. The van der Waals surface area contributed by atoms with Crippen molar-refractivity contribution >= 4 is 6.29 Å². The molecule has 1 N–H and O–H groups in total. The van der Waals surface area contributed by atoms with Gasteiger partial charge in [-0.05, 0) is 12.1 Å². The number of rotatable bonds is 7. The van der Waals surface area contributed by atoms with Crippen LogP contribution in [0.3, 0.4) is 0 Å². The zero-order chi connectivity index (χ0) is 12.7. The van der Waals surface area contributed by atoms with Crippen LogP contribution < -0.4 is 4.74 Å². The Morgan fingerprint density at radius 3 is 2.35 bits per heavy atom. The zero-order valence-electron chi connectivity index (χ0n) is 8.99. The fraction of sp³-hybridized carbons (Fsp3) is 0.364. The van der Waals surface area contributed by atoms with Crippen LogP contribution in [0.1, 0.15) is 10.4 Å². The summed E-state index contributed by atoms with van der Waals surface area (Å²) in [5.74, 6) is -2.41. The highest BCUT2D eigenvalue weighted by molar-refractivity contribution is 5.75. The number of carbonyl (C=O) groups is 1. The van der Waals surface area contributed by atoms with E-state index in [1.54, 1.807) is 0 Å². The van der Waals surface area contributed by atoms with Crippen LogP contribution in [0, 0.1) is 11.6 Å². The van der Waals surface area contributed by atoms with Crippen molar-refractivity contribution in [2.75, 3.05) is 26.4 Å². The summed E-state index contributed by atoms with van der Waals surface area (Å²) in [6.07, 6.45) is 0.348. The number of carbonyl (C=O) groups excluding carboxylic acids is 1. The summed E-state index contributed by atoms with van der Waals surface area (Å²) in [4.78, 5) is 10.3. The van der Waals surface area contributed by atoms with Crippen LogP contribution in [0.5, 0.6) is 5.75 Å². The highest BCUT2D eigenvalue weighted by Crippen LogP contribution is 2.22. The van der Waals surface area contributed by atoms with Crippen molar-refractivity contribution in [2.24, 2.45) is 0 Å². The molecule has 0 unspecified atom stereocenters. The maximum Gasteiger partial charge on any atom is 0.190 e. The molecular weight excluding hydrogens is 234 g/mol. The molecule has 0 bridgehead atoms. The highest BCUT2D eigenvalue weighted by atomic mass is 19.1. The van der Waals surface area contributed by atoms with Crippen molar-refractivity contribution in [2.45, 2.75) is 0 Å². The number of ether oxygens (including phenoxy) is 2. The molecule has 6 heteroatoms. The molecule has 0 amide bonds. The minimum absolute atomic E-state index is 0.0473. The lowest BCUT2D eigenvalue weighted by Gasteiger charge is -2.08. The molecule has 0 aliphatic heterocycles. The molecule has 17 heavy (non-hydrogen) atoms. The molecule has 1 aromatic carbocycles. The Morgan fingerprint density at radius 1 is 1.18 bits per heavy atom. The van der Waals surface area contributed by atoms with E-state index < -0.39 is 17.4 Å². The van der Waals surface area contributed by atoms with Crippen molar-refractivity contribution in [3.8, 4) is 5.75 Å². The second-order valence-electron chi connectivity index (χ2n) is 3.12. The van der Waals surface area contributed by atoms with Crippen LogP contribution in [-0.4, -0.2) is 37.8 Å². The van der Waals surface area contributed by atoms with Crippen molar-refractivity contribution in [1.29, 1.82) is 0 Å². The Bertz CT molecular complexity index is 359. The predicted octanol–water partition coefficient (Wildman–Crippen LogP) is 1.16. The summed E-state index contributed by atoms with van der Waals surface area (Å²) in [6.45, 7) is 0.0678. The van der Waals surface area contributed by atoms with E-state index in [-0.39, 0.29) is 32.0 Å². The SMILES string of the molecule is O=Cc1cc(F)c(OCCOCCO)c(F)c1. The summed E-state index contributed by atoms with van der Waals surface area (Å²) < 4.78 is 36.2. The maximum atomic E-state index is 13.3. The van der Waals surface area contributed by atoms with E-state index in [9.17, 15) is 13.6 Å². The van der Waals surface area contributed by atoms with Gasteiger partial charge in [-0.1, -0.05) is 0 Å². The fourth-order valence-corrected chi connectivity index (χ4v) is 1.15. The molecule has 4 nitrogen and oxygen atoms in total.